The van der Waals surface area contributed by atoms with Crippen LogP contribution in [0.5, 0.6) is 5.75 Å². The van der Waals surface area contributed by atoms with Crippen molar-refractivity contribution in [1.82, 2.24) is 10.2 Å². The molecule has 1 N–H and O–H groups in total. The number of nitrogens with one attached hydrogen (secondary N) is 1. The summed E-state index contributed by atoms with van der Waals surface area (Å²) in [5.74, 6) is -1.89. The van der Waals surface area contributed by atoms with Gasteiger partial charge in [0.1, 0.15) is 5.75 Å². The number of hydrogen-bond acceptors (Lipinski definition) is 7. The van der Waals surface area contributed by atoms with Crippen LogP contribution in [0.2, 0.25) is 10.0 Å². The lowest BCUT2D eigenvalue weighted by molar-refractivity contribution is -0.390. The zero-order chi connectivity index (χ0) is 22.1. The van der Waals surface area contributed by atoms with E-state index in [-0.39, 0.29) is 33.6 Å². The highest BCUT2D eigenvalue weighted by Gasteiger charge is 2.20. The molecule has 0 bridgehead atoms. The van der Waals surface area contributed by atoms with E-state index in [1.54, 1.807) is 0 Å². The Labute approximate surface area is 182 Å². The van der Waals surface area contributed by atoms with E-state index in [1.807, 2.05) is 0 Å². The number of rotatable bonds is 10. The molecule has 1 aromatic heterocycles. The van der Waals surface area contributed by atoms with Gasteiger partial charge < -0.3 is 20.2 Å². The van der Waals surface area contributed by atoms with Crippen LogP contribution in [-0.4, -0.2) is 27.0 Å². The van der Waals surface area contributed by atoms with Gasteiger partial charge in [0, 0.05) is 11.4 Å². The SMILES string of the molecule is CCCCCCCC(=O)Oc1ccc(Cl)cc1C(=O)Nc1nnc([N+](=O)[O-])cc1Cl. The van der Waals surface area contributed by atoms with E-state index in [1.165, 1.54) is 18.2 Å². The van der Waals surface area contributed by atoms with Crippen molar-refractivity contribution in [3.05, 3.63) is 50.0 Å². The summed E-state index contributed by atoms with van der Waals surface area (Å²) < 4.78 is 5.33. The fourth-order valence-corrected chi connectivity index (χ4v) is 2.88. The van der Waals surface area contributed by atoms with Crippen LogP contribution in [0, 0.1) is 10.1 Å². The molecule has 160 valence electrons. The van der Waals surface area contributed by atoms with Crippen LogP contribution in [0.3, 0.4) is 0 Å². The summed E-state index contributed by atoms with van der Waals surface area (Å²) in [6, 6.07) is 5.19. The number of anilines is 1. The van der Waals surface area contributed by atoms with E-state index >= 15 is 0 Å². The number of nitro groups is 1. The van der Waals surface area contributed by atoms with Crippen LogP contribution in [-0.2, 0) is 4.79 Å². The molecular weight excluding hydrogens is 435 g/mol. The largest absolute Gasteiger partial charge is 0.426 e. The maximum atomic E-state index is 12.7. The first-order chi connectivity index (χ1) is 14.3. The molecule has 11 heteroatoms. The smallest absolute Gasteiger partial charge is 0.392 e. The summed E-state index contributed by atoms with van der Waals surface area (Å²) in [6.07, 6.45) is 5.13. The van der Waals surface area contributed by atoms with Gasteiger partial charge in [0.15, 0.2) is 5.82 Å². The molecular formula is C19H20Cl2N4O5. The number of carbonyl (C=O) groups is 2. The molecule has 0 fully saturated rings. The van der Waals surface area contributed by atoms with Gasteiger partial charge in [-0.15, -0.1) is 0 Å². The van der Waals surface area contributed by atoms with Crippen molar-refractivity contribution in [1.29, 1.82) is 0 Å². The Bertz CT molecular complexity index is 939. The lowest BCUT2D eigenvalue weighted by atomic mass is 10.1. The molecule has 0 saturated carbocycles. The van der Waals surface area contributed by atoms with Crippen molar-refractivity contribution in [2.75, 3.05) is 5.32 Å². The summed E-state index contributed by atoms with van der Waals surface area (Å²) in [5, 5.41) is 20.1. The van der Waals surface area contributed by atoms with Gasteiger partial charge in [-0.25, -0.2) is 0 Å². The Morgan fingerprint density at radius 1 is 1.13 bits per heavy atom. The third-order valence-electron chi connectivity index (χ3n) is 4.05. The number of esters is 1. The molecule has 0 aliphatic rings. The number of halogens is 2. The Morgan fingerprint density at radius 3 is 2.53 bits per heavy atom. The van der Waals surface area contributed by atoms with Gasteiger partial charge in [-0.05, 0) is 34.6 Å². The average molecular weight is 455 g/mol. The second kappa shape index (κ2) is 11.4. The highest BCUT2D eigenvalue weighted by Crippen LogP contribution is 2.27. The molecule has 9 nitrogen and oxygen atoms in total. The van der Waals surface area contributed by atoms with Gasteiger partial charge in [0.2, 0.25) is 0 Å². The zero-order valence-electron chi connectivity index (χ0n) is 16.2. The lowest BCUT2D eigenvalue weighted by Gasteiger charge is -2.11. The summed E-state index contributed by atoms with van der Waals surface area (Å²) in [5.41, 5.74) is -0.0157. The normalized spacial score (nSPS) is 10.5. The minimum Gasteiger partial charge on any atom is -0.426 e. The molecule has 0 unspecified atom stereocenters. The van der Waals surface area contributed by atoms with E-state index in [9.17, 15) is 19.7 Å². The van der Waals surface area contributed by atoms with Crippen LogP contribution in [0.1, 0.15) is 55.8 Å². The van der Waals surface area contributed by atoms with Crippen molar-refractivity contribution in [2.45, 2.75) is 45.4 Å². The summed E-state index contributed by atoms with van der Waals surface area (Å²) in [7, 11) is 0. The molecule has 0 saturated heterocycles. The molecule has 1 amide bonds. The second-order valence-corrected chi connectivity index (χ2v) is 7.23. The second-order valence-electron chi connectivity index (χ2n) is 6.39. The highest BCUT2D eigenvalue weighted by molar-refractivity contribution is 6.34. The molecule has 30 heavy (non-hydrogen) atoms. The Morgan fingerprint density at radius 2 is 1.87 bits per heavy atom. The van der Waals surface area contributed by atoms with Crippen molar-refractivity contribution in [3.63, 3.8) is 0 Å². The number of nitrogens with zero attached hydrogens (tertiary/aromatic N) is 3. The number of aromatic nitrogens is 2. The molecule has 0 radical (unpaired) electrons. The van der Waals surface area contributed by atoms with Crippen LogP contribution in [0.15, 0.2) is 24.3 Å². The minimum atomic E-state index is -0.763. The van der Waals surface area contributed by atoms with Gasteiger partial charge in [-0.2, -0.15) is 0 Å². The molecule has 1 aromatic carbocycles. The van der Waals surface area contributed by atoms with Crippen molar-refractivity contribution in [2.24, 2.45) is 0 Å². The monoisotopic (exact) mass is 454 g/mol. The van der Waals surface area contributed by atoms with Crippen molar-refractivity contribution in [3.8, 4) is 5.75 Å². The molecule has 0 atom stereocenters. The number of hydrogen-bond donors (Lipinski definition) is 1. The van der Waals surface area contributed by atoms with Crippen LogP contribution in [0.4, 0.5) is 11.6 Å². The van der Waals surface area contributed by atoms with E-state index in [4.69, 9.17) is 27.9 Å². The standard InChI is InChI=1S/C19H20Cl2N4O5/c1-2-3-4-5-6-7-17(26)30-15-9-8-12(20)10-13(15)19(27)22-18-14(21)11-16(23-24-18)25(28)29/h8-11H,2-7H2,1H3,(H,22,24,27). The topological polar surface area (TPSA) is 124 Å². The summed E-state index contributed by atoms with van der Waals surface area (Å²) in [4.78, 5) is 34.7. The molecule has 0 aliphatic heterocycles. The molecule has 2 aromatic rings. The van der Waals surface area contributed by atoms with Gasteiger partial charge in [0.05, 0.1) is 21.8 Å². The third kappa shape index (κ3) is 6.93. The maximum absolute atomic E-state index is 12.7. The molecule has 2 rings (SSSR count). The molecule has 0 aliphatic carbocycles. The molecule has 1 heterocycles. The first-order valence-corrected chi connectivity index (χ1v) is 10.1. The maximum Gasteiger partial charge on any atom is 0.392 e. The summed E-state index contributed by atoms with van der Waals surface area (Å²) >= 11 is 11.9. The quantitative estimate of drug-likeness (QED) is 0.171. The predicted octanol–water partition coefficient (Wildman–Crippen LogP) is 5.21. The third-order valence-corrected chi connectivity index (χ3v) is 4.57. The zero-order valence-corrected chi connectivity index (χ0v) is 17.7. The average Bonchev–Trinajstić information content (AvgIpc) is 2.70. The molecule has 0 spiro atoms. The number of benzene rings is 1. The summed E-state index contributed by atoms with van der Waals surface area (Å²) in [6.45, 7) is 2.11. The van der Waals surface area contributed by atoms with Gasteiger partial charge in [-0.3, -0.25) is 9.59 Å². The Hall–Kier alpha value is -2.78. The van der Waals surface area contributed by atoms with Crippen LogP contribution >= 0.6 is 23.2 Å². The Kier molecular flexibility index (Phi) is 8.94. The minimum absolute atomic E-state index is 0.0157. The Balaban J connectivity index is 2.09. The van der Waals surface area contributed by atoms with Crippen LogP contribution in [0.25, 0.3) is 0 Å². The first kappa shape index (κ1) is 23.5. The number of unbranched alkanes of at least 4 members (excludes halogenated alkanes) is 4. The van der Waals surface area contributed by atoms with E-state index in [2.05, 4.69) is 22.4 Å². The fraction of sp³-hybridized carbons (Fsp3) is 0.368. The van der Waals surface area contributed by atoms with E-state index < -0.39 is 22.6 Å². The van der Waals surface area contributed by atoms with E-state index in [0.29, 0.717) is 6.42 Å². The van der Waals surface area contributed by atoms with Gasteiger partial charge in [-0.1, -0.05) is 55.8 Å². The predicted molar refractivity (Wildman–Crippen MR) is 112 cm³/mol. The number of carbonyl (C=O) groups excluding carboxylic acids is 2. The number of amides is 1. The fourth-order valence-electron chi connectivity index (χ4n) is 2.52. The number of ether oxygens (including phenoxy) is 1. The van der Waals surface area contributed by atoms with Gasteiger partial charge in [0.25, 0.3) is 5.91 Å². The first-order valence-electron chi connectivity index (χ1n) is 9.31. The van der Waals surface area contributed by atoms with E-state index in [0.717, 1.165) is 31.7 Å². The van der Waals surface area contributed by atoms with Crippen molar-refractivity contribution < 1.29 is 19.2 Å². The van der Waals surface area contributed by atoms with Crippen molar-refractivity contribution >= 4 is 46.7 Å². The lowest BCUT2D eigenvalue weighted by Crippen LogP contribution is -2.17. The highest BCUT2D eigenvalue weighted by atomic mass is 35.5. The van der Waals surface area contributed by atoms with Gasteiger partial charge >= 0.3 is 11.8 Å². The van der Waals surface area contributed by atoms with Crippen LogP contribution < -0.4 is 10.1 Å².